The average Bonchev–Trinajstić information content (AvgIpc) is 2.75. The van der Waals surface area contributed by atoms with E-state index in [-0.39, 0.29) is 29.2 Å². The number of hydrogen-bond acceptors (Lipinski definition) is 6. The lowest BCUT2D eigenvalue weighted by Crippen LogP contribution is -2.41. The fraction of sp³-hybridized carbons (Fsp3) is 0.435. The van der Waals surface area contributed by atoms with E-state index in [9.17, 15) is 14.9 Å². The van der Waals surface area contributed by atoms with Crippen molar-refractivity contribution in [1.29, 1.82) is 0 Å². The lowest BCUT2D eigenvalue weighted by molar-refractivity contribution is -0.384. The van der Waals surface area contributed by atoms with Crippen LogP contribution >= 0.6 is 0 Å². The monoisotopic (exact) mass is 426 g/mol. The van der Waals surface area contributed by atoms with Crippen LogP contribution in [-0.4, -0.2) is 54.6 Å². The summed E-state index contributed by atoms with van der Waals surface area (Å²) in [6, 6.07) is 12.9. The number of anilines is 1. The minimum absolute atomic E-state index is 0.0480. The van der Waals surface area contributed by atoms with Gasteiger partial charge in [0.05, 0.1) is 24.2 Å². The number of nitro benzene ring substituents is 1. The Bertz CT molecular complexity index is 908. The highest BCUT2D eigenvalue weighted by Gasteiger charge is 2.24. The van der Waals surface area contributed by atoms with E-state index < -0.39 is 4.92 Å². The van der Waals surface area contributed by atoms with Crippen molar-refractivity contribution in [3.8, 4) is 0 Å². The number of carbonyl (C=O) groups is 1. The van der Waals surface area contributed by atoms with E-state index in [1.54, 1.807) is 12.1 Å². The molecule has 2 aromatic rings. The lowest BCUT2D eigenvalue weighted by Gasteiger charge is -2.35. The van der Waals surface area contributed by atoms with Crippen LogP contribution in [0.25, 0.3) is 0 Å². The molecule has 3 rings (SSSR count). The van der Waals surface area contributed by atoms with Crippen LogP contribution in [-0.2, 0) is 4.74 Å². The first-order valence-corrected chi connectivity index (χ1v) is 10.6. The maximum Gasteiger partial charge on any atom is 0.293 e. The third-order valence-corrected chi connectivity index (χ3v) is 5.31. The smallest absolute Gasteiger partial charge is 0.293 e. The second-order valence-electron chi connectivity index (χ2n) is 8.07. The van der Waals surface area contributed by atoms with Crippen molar-refractivity contribution in [2.24, 2.45) is 0 Å². The summed E-state index contributed by atoms with van der Waals surface area (Å²) in [5, 5.41) is 17.7. The standard InChI is InChI=1S/C23H30N4O4/c1-16(2)25-23(28)19-8-9-20(21(14-19)27(29)30)24-15-22(26-10-12-31-13-11-26)18-6-4-17(3)5-7-18/h4-9,14,16,22,24H,10-13,15H2,1-3H3,(H,25,28). The number of amides is 1. The molecule has 1 fully saturated rings. The van der Waals surface area contributed by atoms with Gasteiger partial charge in [-0.05, 0) is 38.5 Å². The van der Waals surface area contributed by atoms with Gasteiger partial charge >= 0.3 is 0 Å². The van der Waals surface area contributed by atoms with Crippen LogP contribution in [0, 0.1) is 17.0 Å². The molecule has 0 aromatic heterocycles. The van der Waals surface area contributed by atoms with E-state index in [0.29, 0.717) is 25.4 Å². The number of morpholine rings is 1. The van der Waals surface area contributed by atoms with Crippen LogP contribution in [0.4, 0.5) is 11.4 Å². The fourth-order valence-corrected chi connectivity index (χ4v) is 3.66. The van der Waals surface area contributed by atoms with Crippen molar-refractivity contribution in [2.75, 3.05) is 38.2 Å². The Labute approximate surface area is 182 Å². The predicted molar refractivity (Wildman–Crippen MR) is 121 cm³/mol. The molecule has 0 bridgehead atoms. The van der Waals surface area contributed by atoms with Gasteiger partial charge in [-0.2, -0.15) is 0 Å². The van der Waals surface area contributed by atoms with Gasteiger partial charge in [0.2, 0.25) is 0 Å². The summed E-state index contributed by atoms with van der Waals surface area (Å²) in [6.45, 7) is 9.18. The zero-order valence-electron chi connectivity index (χ0n) is 18.3. The Kier molecular flexibility index (Phi) is 7.59. The lowest BCUT2D eigenvalue weighted by atomic mass is 10.0. The molecule has 1 unspecified atom stereocenters. The minimum Gasteiger partial charge on any atom is -0.379 e. The first kappa shape index (κ1) is 22.7. The van der Waals surface area contributed by atoms with Crippen LogP contribution < -0.4 is 10.6 Å². The summed E-state index contributed by atoms with van der Waals surface area (Å²) < 4.78 is 5.49. The molecule has 0 radical (unpaired) electrons. The van der Waals surface area contributed by atoms with E-state index in [1.807, 2.05) is 20.8 Å². The summed E-state index contributed by atoms with van der Waals surface area (Å²) in [7, 11) is 0. The second-order valence-corrected chi connectivity index (χ2v) is 8.07. The number of ether oxygens (including phenoxy) is 1. The Morgan fingerprint density at radius 1 is 1.16 bits per heavy atom. The molecule has 0 saturated carbocycles. The number of rotatable bonds is 8. The topological polar surface area (TPSA) is 96.7 Å². The molecule has 1 atom stereocenters. The molecule has 2 aromatic carbocycles. The maximum atomic E-state index is 12.3. The molecule has 1 amide bonds. The summed E-state index contributed by atoms with van der Waals surface area (Å²) in [5.74, 6) is -0.324. The Morgan fingerprint density at radius 3 is 2.45 bits per heavy atom. The van der Waals surface area contributed by atoms with E-state index in [1.165, 1.54) is 11.6 Å². The average molecular weight is 427 g/mol. The number of nitrogens with one attached hydrogen (secondary N) is 2. The molecule has 2 N–H and O–H groups in total. The van der Waals surface area contributed by atoms with Crippen LogP contribution in [0.5, 0.6) is 0 Å². The van der Waals surface area contributed by atoms with Gasteiger partial charge in [-0.3, -0.25) is 19.8 Å². The highest BCUT2D eigenvalue weighted by molar-refractivity contribution is 5.95. The largest absolute Gasteiger partial charge is 0.379 e. The second kappa shape index (κ2) is 10.4. The Hall–Kier alpha value is -2.97. The first-order chi connectivity index (χ1) is 14.8. The summed E-state index contributed by atoms with van der Waals surface area (Å²) >= 11 is 0. The highest BCUT2D eigenvalue weighted by Crippen LogP contribution is 2.28. The van der Waals surface area contributed by atoms with Gasteiger partial charge in [0.1, 0.15) is 5.69 Å². The van der Waals surface area contributed by atoms with Crippen molar-refractivity contribution in [2.45, 2.75) is 32.9 Å². The van der Waals surface area contributed by atoms with Crippen LogP contribution in [0.3, 0.4) is 0 Å². The molecule has 1 aliphatic heterocycles. The number of benzene rings is 2. The van der Waals surface area contributed by atoms with Gasteiger partial charge < -0.3 is 15.4 Å². The number of nitro groups is 1. The molecule has 8 nitrogen and oxygen atoms in total. The normalized spacial score (nSPS) is 15.5. The highest BCUT2D eigenvalue weighted by atomic mass is 16.6. The van der Waals surface area contributed by atoms with Gasteiger partial charge in [0, 0.05) is 37.3 Å². The van der Waals surface area contributed by atoms with Gasteiger partial charge in [0.15, 0.2) is 0 Å². The third-order valence-electron chi connectivity index (χ3n) is 5.31. The van der Waals surface area contributed by atoms with Gasteiger partial charge in [-0.1, -0.05) is 29.8 Å². The summed E-state index contributed by atoms with van der Waals surface area (Å²) in [4.78, 5) is 25.8. The first-order valence-electron chi connectivity index (χ1n) is 10.6. The molecular weight excluding hydrogens is 396 g/mol. The maximum absolute atomic E-state index is 12.3. The number of aryl methyl sites for hydroxylation is 1. The van der Waals surface area contributed by atoms with Gasteiger partial charge in [-0.25, -0.2) is 0 Å². The van der Waals surface area contributed by atoms with Gasteiger partial charge in [0.25, 0.3) is 11.6 Å². The van der Waals surface area contributed by atoms with Crippen LogP contribution in [0.2, 0.25) is 0 Å². The van der Waals surface area contributed by atoms with E-state index in [0.717, 1.165) is 18.7 Å². The quantitative estimate of drug-likeness (QED) is 0.495. The van der Waals surface area contributed by atoms with Crippen molar-refractivity contribution in [3.05, 3.63) is 69.3 Å². The molecule has 1 saturated heterocycles. The number of nitrogens with zero attached hydrogens (tertiary/aromatic N) is 2. The molecule has 31 heavy (non-hydrogen) atoms. The van der Waals surface area contributed by atoms with Crippen molar-refractivity contribution >= 4 is 17.3 Å². The Morgan fingerprint density at radius 2 is 1.84 bits per heavy atom. The molecular formula is C23H30N4O4. The van der Waals surface area contributed by atoms with Crippen LogP contribution in [0.1, 0.15) is 41.4 Å². The molecule has 0 spiro atoms. The molecule has 0 aliphatic carbocycles. The van der Waals surface area contributed by atoms with E-state index >= 15 is 0 Å². The third kappa shape index (κ3) is 6.02. The molecule has 1 aliphatic rings. The fourth-order valence-electron chi connectivity index (χ4n) is 3.66. The number of hydrogen-bond donors (Lipinski definition) is 2. The van der Waals surface area contributed by atoms with Crippen molar-refractivity contribution in [3.63, 3.8) is 0 Å². The summed E-state index contributed by atoms with van der Waals surface area (Å²) in [5.41, 5.74) is 2.89. The van der Waals surface area contributed by atoms with E-state index in [2.05, 4.69) is 39.8 Å². The SMILES string of the molecule is Cc1ccc(C(CNc2ccc(C(=O)NC(C)C)cc2[N+](=O)[O-])N2CCOCC2)cc1. The Balaban J connectivity index is 1.82. The van der Waals surface area contributed by atoms with Crippen molar-refractivity contribution in [1.82, 2.24) is 10.2 Å². The van der Waals surface area contributed by atoms with Gasteiger partial charge in [-0.15, -0.1) is 0 Å². The molecule has 166 valence electrons. The van der Waals surface area contributed by atoms with Crippen LogP contribution in [0.15, 0.2) is 42.5 Å². The van der Waals surface area contributed by atoms with Crippen molar-refractivity contribution < 1.29 is 14.5 Å². The number of carbonyl (C=O) groups excluding carboxylic acids is 1. The summed E-state index contributed by atoms with van der Waals surface area (Å²) in [6.07, 6.45) is 0. The molecule has 8 heteroatoms. The predicted octanol–water partition coefficient (Wildman–Crippen LogP) is 3.53. The van der Waals surface area contributed by atoms with E-state index in [4.69, 9.17) is 4.74 Å². The zero-order chi connectivity index (χ0) is 22.4. The zero-order valence-corrected chi connectivity index (χ0v) is 18.3. The minimum atomic E-state index is -0.454. The molecule has 1 heterocycles.